The summed E-state index contributed by atoms with van der Waals surface area (Å²) in [6, 6.07) is 9.28. The van der Waals surface area contributed by atoms with Gasteiger partial charge in [0.2, 0.25) is 0 Å². The van der Waals surface area contributed by atoms with Crippen LogP contribution in [-0.2, 0) is 10.1 Å². The van der Waals surface area contributed by atoms with E-state index in [2.05, 4.69) is 20.8 Å². The fraction of sp³-hybridized carbons (Fsp3) is 0.381. The molecule has 6 nitrogen and oxygen atoms in total. The number of benzene rings is 2. The molecule has 2 rings (SSSR count). The molecule has 0 fully saturated rings. The molecule has 158 valence electrons. The zero-order chi connectivity index (χ0) is 22.0. The van der Waals surface area contributed by atoms with E-state index in [0.29, 0.717) is 12.0 Å². The summed E-state index contributed by atoms with van der Waals surface area (Å²) in [6.07, 6.45) is 0.540. The molecule has 0 unspecified atom stereocenters. The van der Waals surface area contributed by atoms with E-state index in [1.807, 2.05) is 20.0 Å². The molecule has 0 atom stereocenters. The van der Waals surface area contributed by atoms with E-state index in [-0.39, 0.29) is 27.0 Å². The van der Waals surface area contributed by atoms with Crippen LogP contribution in [-0.4, -0.2) is 30.1 Å². The van der Waals surface area contributed by atoms with Gasteiger partial charge in [0.05, 0.1) is 12.7 Å². The number of methoxy groups -OCH3 is 1. The Kier molecular flexibility index (Phi) is 6.49. The second-order valence-corrected chi connectivity index (χ2v) is 14.6. The summed E-state index contributed by atoms with van der Waals surface area (Å²) in [5.41, 5.74) is 0.982. The van der Waals surface area contributed by atoms with Crippen LogP contribution in [0.25, 0.3) is 0 Å². The molecule has 0 N–H and O–H groups in total. The number of aldehydes is 1. The Morgan fingerprint density at radius 2 is 1.55 bits per heavy atom. The molecule has 0 radical (unpaired) electrons. The lowest BCUT2D eigenvalue weighted by Crippen LogP contribution is -2.44. The number of aryl methyl sites for hydroxylation is 1. The minimum Gasteiger partial charge on any atom is -0.538 e. The summed E-state index contributed by atoms with van der Waals surface area (Å²) in [6.45, 7) is 12.0. The zero-order valence-electron chi connectivity index (χ0n) is 17.9. The standard InChI is InChI=1S/C21H28O6SSi/c1-15-8-11-17(12-9-15)28(23,24)26-19-16(14-22)10-13-18(25-5)20(19)27-29(6,7)21(2,3)4/h8-14H,1-7H3. The van der Waals surface area contributed by atoms with Gasteiger partial charge in [-0.15, -0.1) is 0 Å². The summed E-state index contributed by atoms with van der Waals surface area (Å²) in [7, 11) is -5.12. The van der Waals surface area contributed by atoms with E-state index in [1.54, 1.807) is 18.2 Å². The molecule has 0 saturated carbocycles. The molecule has 0 aliphatic rings. The summed E-state index contributed by atoms with van der Waals surface area (Å²) < 4.78 is 42.9. The molecule has 0 saturated heterocycles. The molecular formula is C21H28O6SSi. The van der Waals surface area contributed by atoms with Gasteiger partial charge in [-0.1, -0.05) is 38.5 Å². The second kappa shape index (κ2) is 8.20. The van der Waals surface area contributed by atoms with Crippen molar-refractivity contribution in [2.75, 3.05) is 7.11 Å². The SMILES string of the molecule is COc1ccc(C=O)c(OS(=O)(=O)c2ccc(C)cc2)c1O[Si](C)(C)C(C)(C)C. The van der Waals surface area contributed by atoms with Crippen LogP contribution in [0.1, 0.15) is 36.7 Å². The molecule has 0 aliphatic carbocycles. The van der Waals surface area contributed by atoms with Crippen molar-refractivity contribution in [1.29, 1.82) is 0 Å². The summed E-state index contributed by atoms with van der Waals surface area (Å²) in [5.74, 6) is 0.263. The molecule has 29 heavy (non-hydrogen) atoms. The lowest BCUT2D eigenvalue weighted by atomic mass is 10.2. The minimum atomic E-state index is -4.18. The van der Waals surface area contributed by atoms with Crippen molar-refractivity contribution < 1.29 is 26.6 Å². The van der Waals surface area contributed by atoms with Gasteiger partial charge < -0.3 is 13.3 Å². The van der Waals surface area contributed by atoms with E-state index >= 15 is 0 Å². The first-order valence-electron chi connectivity index (χ1n) is 9.19. The maximum atomic E-state index is 12.9. The van der Waals surface area contributed by atoms with Gasteiger partial charge in [-0.25, -0.2) is 0 Å². The highest BCUT2D eigenvalue weighted by Gasteiger charge is 2.41. The van der Waals surface area contributed by atoms with E-state index < -0.39 is 18.4 Å². The van der Waals surface area contributed by atoms with Gasteiger partial charge in [-0.2, -0.15) is 8.42 Å². The zero-order valence-corrected chi connectivity index (χ0v) is 19.7. The first-order valence-corrected chi connectivity index (χ1v) is 13.5. The Morgan fingerprint density at radius 1 is 0.966 bits per heavy atom. The number of hydrogen-bond acceptors (Lipinski definition) is 6. The Balaban J connectivity index is 2.63. The fourth-order valence-corrected chi connectivity index (χ4v) is 4.23. The predicted octanol–water partition coefficient (Wildman–Crippen LogP) is 4.97. The van der Waals surface area contributed by atoms with Crippen LogP contribution in [0.4, 0.5) is 0 Å². The van der Waals surface area contributed by atoms with Gasteiger partial charge in [0.1, 0.15) is 4.90 Å². The van der Waals surface area contributed by atoms with Gasteiger partial charge in [0.25, 0.3) is 8.32 Å². The monoisotopic (exact) mass is 436 g/mol. The van der Waals surface area contributed by atoms with Crippen LogP contribution >= 0.6 is 0 Å². The van der Waals surface area contributed by atoms with Crippen LogP contribution in [0.5, 0.6) is 17.2 Å². The van der Waals surface area contributed by atoms with E-state index in [0.717, 1.165) is 5.56 Å². The van der Waals surface area contributed by atoms with Crippen molar-refractivity contribution in [3.8, 4) is 17.2 Å². The van der Waals surface area contributed by atoms with E-state index in [4.69, 9.17) is 13.3 Å². The summed E-state index contributed by atoms with van der Waals surface area (Å²) in [5, 5.41) is -0.164. The molecule has 2 aromatic rings. The highest BCUT2D eigenvalue weighted by atomic mass is 32.2. The van der Waals surface area contributed by atoms with Crippen molar-refractivity contribution in [1.82, 2.24) is 0 Å². The van der Waals surface area contributed by atoms with Gasteiger partial charge in [-0.05, 0) is 49.3 Å². The van der Waals surface area contributed by atoms with Crippen LogP contribution in [0.3, 0.4) is 0 Å². The highest BCUT2D eigenvalue weighted by molar-refractivity contribution is 7.87. The average Bonchev–Trinajstić information content (AvgIpc) is 2.62. The maximum absolute atomic E-state index is 12.9. The lowest BCUT2D eigenvalue weighted by Gasteiger charge is -2.37. The van der Waals surface area contributed by atoms with Crippen molar-refractivity contribution in [2.24, 2.45) is 0 Å². The topological polar surface area (TPSA) is 78.9 Å². The molecule has 0 aliphatic heterocycles. The molecule has 0 amide bonds. The molecule has 0 aromatic heterocycles. The molecule has 8 heteroatoms. The number of carbonyl (C=O) groups excluding carboxylic acids is 1. The number of rotatable bonds is 7. The maximum Gasteiger partial charge on any atom is 0.339 e. The predicted molar refractivity (Wildman–Crippen MR) is 115 cm³/mol. The summed E-state index contributed by atoms with van der Waals surface area (Å²) in [4.78, 5) is 11.6. The Morgan fingerprint density at radius 3 is 2.03 bits per heavy atom. The molecule has 0 spiro atoms. The van der Waals surface area contributed by atoms with Gasteiger partial charge in [0, 0.05) is 0 Å². The Bertz CT molecular complexity index is 989. The van der Waals surface area contributed by atoms with Crippen LogP contribution < -0.4 is 13.3 Å². The van der Waals surface area contributed by atoms with Crippen LogP contribution in [0, 0.1) is 6.92 Å². The molecule has 2 aromatic carbocycles. The van der Waals surface area contributed by atoms with E-state index in [9.17, 15) is 13.2 Å². The first kappa shape index (κ1) is 23.0. The average molecular weight is 437 g/mol. The quantitative estimate of drug-likeness (QED) is 0.346. The normalized spacial score (nSPS) is 12.4. The largest absolute Gasteiger partial charge is 0.538 e. The van der Waals surface area contributed by atoms with Gasteiger partial charge in [-0.3, -0.25) is 4.79 Å². The number of carbonyl (C=O) groups is 1. The van der Waals surface area contributed by atoms with Crippen molar-refractivity contribution in [3.63, 3.8) is 0 Å². The third kappa shape index (κ3) is 5.00. The van der Waals surface area contributed by atoms with Crippen molar-refractivity contribution in [2.45, 2.75) is 50.7 Å². The van der Waals surface area contributed by atoms with E-state index in [1.165, 1.54) is 25.3 Å². The first-order chi connectivity index (χ1) is 13.3. The minimum absolute atomic E-state index is 0.0129. The second-order valence-electron chi connectivity index (χ2n) is 8.35. The smallest absolute Gasteiger partial charge is 0.339 e. The molecule has 0 heterocycles. The third-order valence-corrected chi connectivity index (χ3v) is 10.7. The molecular weight excluding hydrogens is 408 g/mol. The summed E-state index contributed by atoms with van der Waals surface area (Å²) >= 11 is 0. The third-order valence-electron chi connectivity index (χ3n) is 5.12. The van der Waals surface area contributed by atoms with Crippen molar-refractivity contribution in [3.05, 3.63) is 47.5 Å². The highest BCUT2D eigenvalue weighted by Crippen LogP contribution is 2.46. The lowest BCUT2D eigenvalue weighted by molar-refractivity contribution is 0.112. The molecule has 0 bridgehead atoms. The van der Waals surface area contributed by atoms with Crippen molar-refractivity contribution >= 4 is 24.7 Å². The van der Waals surface area contributed by atoms with Gasteiger partial charge >= 0.3 is 10.1 Å². The Labute approximate surface area is 174 Å². The number of hydrogen-bond donors (Lipinski definition) is 0. The van der Waals surface area contributed by atoms with Crippen LogP contribution in [0.15, 0.2) is 41.3 Å². The fourth-order valence-electron chi connectivity index (χ4n) is 2.27. The number of ether oxygens (including phenoxy) is 1. The van der Waals surface area contributed by atoms with Crippen LogP contribution in [0.2, 0.25) is 18.1 Å². The van der Waals surface area contributed by atoms with Gasteiger partial charge in [0.15, 0.2) is 23.5 Å². The Hall–Kier alpha value is -2.32.